The Morgan fingerprint density at radius 3 is 2.60 bits per heavy atom. The van der Waals surface area contributed by atoms with Gasteiger partial charge in [0.25, 0.3) is 0 Å². The van der Waals surface area contributed by atoms with E-state index in [1.54, 1.807) is 4.90 Å². The summed E-state index contributed by atoms with van der Waals surface area (Å²) < 4.78 is 0. The highest BCUT2D eigenvalue weighted by atomic mass is 16.3. The second-order valence-electron chi connectivity index (χ2n) is 4.79. The zero-order valence-corrected chi connectivity index (χ0v) is 10.2. The Kier molecular flexibility index (Phi) is 3.73. The third-order valence-electron chi connectivity index (χ3n) is 3.27. The van der Waals surface area contributed by atoms with Crippen molar-refractivity contribution in [2.45, 2.75) is 38.8 Å². The molecule has 0 aromatic rings. The zero-order chi connectivity index (χ0) is 11.6. The van der Waals surface area contributed by atoms with E-state index >= 15 is 0 Å². The lowest BCUT2D eigenvalue weighted by Gasteiger charge is -2.45. The molecule has 0 spiro atoms. The Labute approximate surface area is 91.9 Å². The Hall–Kier alpha value is -0.610. The lowest BCUT2D eigenvalue weighted by Crippen LogP contribution is -2.63. The van der Waals surface area contributed by atoms with E-state index in [-0.39, 0.29) is 12.0 Å². The summed E-state index contributed by atoms with van der Waals surface area (Å²) in [4.78, 5) is 15.8. The van der Waals surface area contributed by atoms with Crippen LogP contribution in [0.4, 0.5) is 0 Å². The van der Waals surface area contributed by atoms with Gasteiger partial charge in [0.1, 0.15) is 0 Å². The highest BCUT2D eigenvalue weighted by Gasteiger charge is 2.40. The fourth-order valence-electron chi connectivity index (χ4n) is 1.96. The van der Waals surface area contributed by atoms with Gasteiger partial charge in [0.05, 0.1) is 11.6 Å². The second kappa shape index (κ2) is 4.49. The van der Waals surface area contributed by atoms with Crippen LogP contribution in [0.5, 0.6) is 0 Å². The van der Waals surface area contributed by atoms with Crippen molar-refractivity contribution in [2.24, 2.45) is 0 Å². The van der Waals surface area contributed by atoms with Crippen LogP contribution in [0, 0.1) is 0 Å². The van der Waals surface area contributed by atoms with E-state index in [4.69, 9.17) is 0 Å². The number of β-amino-alcohol motifs (C(OH)–C–C–N with tert-alkyl or cyclic N) is 1. The van der Waals surface area contributed by atoms with E-state index in [0.29, 0.717) is 6.54 Å². The number of likely N-dealkylation sites (N-methyl/N-ethyl adjacent to an activating group) is 1. The molecular weight excluding hydrogens is 192 g/mol. The summed E-state index contributed by atoms with van der Waals surface area (Å²) in [6.45, 7) is 7.98. The summed E-state index contributed by atoms with van der Waals surface area (Å²) >= 11 is 0. The summed E-state index contributed by atoms with van der Waals surface area (Å²) in [5.74, 6) is 0.136. The van der Waals surface area contributed by atoms with Crippen LogP contribution in [-0.4, -0.2) is 59.1 Å². The molecule has 0 aliphatic carbocycles. The van der Waals surface area contributed by atoms with Crippen LogP contribution in [-0.2, 0) is 4.79 Å². The van der Waals surface area contributed by atoms with Gasteiger partial charge in [-0.1, -0.05) is 6.92 Å². The largest absolute Gasteiger partial charge is 0.392 e. The van der Waals surface area contributed by atoms with Gasteiger partial charge in [-0.15, -0.1) is 0 Å². The van der Waals surface area contributed by atoms with Crippen LogP contribution in [0.25, 0.3) is 0 Å². The maximum Gasteiger partial charge on any atom is 0.242 e. The van der Waals surface area contributed by atoms with Gasteiger partial charge in [-0.05, 0) is 20.3 Å². The van der Waals surface area contributed by atoms with Gasteiger partial charge in [-0.25, -0.2) is 0 Å². The van der Waals surface area contributed by atoms with Crippen LogP contribution < -0.4 is 0 Å². The number of aliphatic hydroxyl groups excluding tert-OH is 1. The van der Waals surface area contributed by atoms with Crippen molar-refractivity contribution in [3.63, 3.8) is 0 Å². The predicted octanol–water partition coefficient (Wildman–Crippen LogP) is 0.310. The Bertz CT molecular complexity index is 241. The molecule has 0 saturated carbocycles. The molecule has 1 atom stereocenters. The van der Waals surface area contributed by atoms with Crippen LogP contribution in [0.15, 0.2) is 0 Å². The maximum atomic E-state index is 11.9. The fraction of sp³-hybridized carbons (Fsp3) is 0.909. The second-order valence-corrected chi connectivity index (χ2v) is 4.79. The number of nitrogens with zero attached hydrogens (tertiary/aromatic N) is 2. The third-order valence-corrected chi connectivity index (χ3v) is 3.27. The van der Waals surface area contributed by atoms with Crippen LogP contribution in [0.1, 0.15) is 27.2 Å². The number of piperazine rings is 1. The van der Waals surface area contributed by atoms with Crippen molar-refractivity contribution in [1.82, 2.24) is 9.80 Å². The number of aliphatic hydroxyl groups is 1. The summed E-state index contributed by atoms with van der Waals surface area (Å²) in [5.41, 5.74) is -0.483. The first kappa shape index (κ1) is 12.5. The zero-order valence-electron chi connectivity index (χ0n) is 10.2. The monoisotopic (exact) mass is 214 g/mol. The summed E-state index contributed by atoms with van der Waals surface area (Å²) in [7, 11) is 1.83. The molecule has 1 rings (SSSR count). The summed E-state index contributed by atoms with van der Waals surface area (Å²) in [5, 5.41) is 9.63. The summed E-state index contributed by atoms with van der Waals surface area (Å²) in [6.07, 6.45) is 0.400. The molecular formula is C11H22N2O2. The Morgan fingerprint density at radius 2 is 2.07 bits per heavy atom. The Morgan fingerprint density at radius 1 is 1.47 bits per heavy atom. The molecule has 1 saturated heterocycles. The van der Waals surface area contributed by atoms with Crippen LogP contribution in [0.2, 0.25) is 0 Å². The number of hydrogen-bond donors (Lipinski definition) is 1. The van der Waals surface area contributed by atoms with Crippen molar-refractivity contribution in [2.75, 3.05) is 26.7 Å². The van der Waals surface area contributed by atoms with Gasteiger partial charge in [0, 0.05) is 26.7 Å². The summed E-state index contributed by atoms with van der Waals surface area (Å²) in [6, 6.07) is 0. The lowest BCUT2D eigenvalue weighted by molar-refractivity contribution is -0.148. The van der Waals surface area contributed by atoms with Gasteiger partial charge >= 0.3 is 0 Å². The third kappa shape index (κ3) is 2.49. The molecule has 4 nitrogen and oxygen atoms in total. The SMILES string of the molecule is CC[C@@H](O)CN1CCN(C)C(=O)C1(C)C. The van der Waals surface area contributed by atoms with Gasteiger partial charge in [0.2, 0.25) is 5.91 Å². The molecule has 0 unspecified atom stereocenters. The Balaban J connectivity index is 2.70. The minimum atomic E-state index is -0.483. The maximum absolute atomic E-state index is 11.9. The first-order valence-electron chi connectivity index (χ1n) is 5.58. The minimum absolute atomic E-state index is 0.136. The molecule has 1 aliphatic heterocycles. The molecule has 1 fully saturated rings. The molecule has 1 aliphatic rings. The van der Waals surface area contributed by atoms with Gasteiger partial charge < -0.3 is 10.0 Å². The molecule has 88 valence electrons. The van der Waals surface area contributed by atoms with Gasteiger partial charge in [-0.3, -0.25) is 9.69 Å². The average molecular weight is 214 g/mol. The predicted molar refractivity (Wildman–Crippen MR) is 59.6 cm³/mol. The number of carbonyl (C=O) groups is 1. The number of hydrogen-bond acceptors (Lipinski definition) is 3. The topological polar surface area (TPSA) is 43.8 Å². The number of carbonyl (C=O) groups excluding carboxylic acids is 1. The molecule has 0 radical (unpaired) electrons. The first-order valence-corrected chi connectivity index (χ1v) is 5.58. The van der Waals surface area contributed by atoms with E-state index < -0.39 is 5.54 Å². The highest BCUT2D eigenvalue weighted by Crippen LogP contribution is 2.21. The molecule has 0 aromatic carbocycles. The van der Waals surface area contributed by atoms with E-state index in [1.807, 2.05) is 27.8 Å². The fourth-order valence-corrected chi connectivity index (χ4v) is 1.96. The minimum Gasteiger partial charge on any atom is -0.392 e. The van der Waals surface area contributed by atoms with Crippen molar-refractivity contribution in [1.29, 1.82) is 0 Å². The highest BCUT2D eigenvalue weighted by molar-refractivity contribution is 5.86. The molecule has 4 heteroatoms. The normalized spacial score (nSPS) is 24.3. The van der Waals surface area contributed by atoms with E-state index in [1.165, 1.54) is 0 Å². The van der Waals surface area contributed by atoms with Crippen LogP contribution >= 0.6 is 0 Å². The number of rotatable bonds is 3. The van der Waals surface area contributed by atoms with Crippen molar-refractivity contribution < 1.29 is 9.90 Å². The molecule has 1 amide bonds. The van der Waals surface area contributed by atoms with Gasteiger partial charge in [-0.2, -0.15) is 0 Å². The standard InChI is InChI=1S/C11H22N2O2/c1-5-9(14)8-13-7-6-12(4)10(15)11(13,2)3/h9,14H,5-8H2,1-4H3/t9-/m1/s1. The van der Waals surface area contributed by atoms with Crippen molar-refractivity contribution in [3.05, 3.63) is 0 Å². The molecule has 0 aromatic heterocycles. The smallest absolute Gasteiger partial charge is 0.242 e. The van der Waals surface area contributed by atoms with Crippen molar-refractivity contribution in [3.8, 4) is 0 Å². The number of amides is 1. The van der Waals surface area contributed by atoms with E-state index in [9.17, 15) is 9.90 Å². The van der Waals surface area contributed by atoms with E-state index in [2.05, 4.69) is 4.90 Å². The van der Waals surface area contributed by atoms with Gasteiger partial charge in [0.15, 0.2) is 0 Å². The average Bonchev–Trinajstić information content (AvgIpc) is 2.19. The van der Waals surface area contributed by atoms with Crippen molar-refractivity contribution >= 4 is 5.91 Å². The molecule has 0 bridgehead atoms. The first-order chi connectivity index (χ1) is 6.89. The van der Waals surface area contributed by atoms with E-state index in [0.717, 1.165) is 19.5 Å². The quantitative estimate of drug-likeness (QED) is 0.735. The van der Waals surface area contributed by atoms with Crippen LogP contribution in [0.3, 0.4) is 0 Å². The molecule has 1 heterocycles. The molecule has 1 N–H and O–H groups in total. The lowest BCUT2D eigenvalue weighted by atomic mass is 9.97. The molecule has 15 heavy (non-hydrogen) atoms.